The summed E-state index contributed by atoms with van der Waals surface area (Å²) in [6.45, 7) is 3.70. The highest BCUT2D eigenvalue weighted by Crippen LogP contribution is 2.01. The number of nitrogens with one attached hydrogen (secondary N) is 2. The van der Waals surface area contributed by atoms with Gasteiger partial charge in [-0.15, -0.1) is 0 Å². The third-order valence-electron chi connectivity index (χ3n) is 2.62. The molecule has 0 radical (unpaired) electrons. The zero-order valence-electron chi connectivity index (χ0n) is 11.7. The lowest BCUT2D eigenvalue weighted by Gasteiger charge is -2.07. The van der Waals surface area contributed by atoms with Gasteiger partial charge in [0.2, 0.25) is 0 Å². The van der Waals surface area contributed by atoms with Crippen molar-refractivity contribution in [3.63, 3.8) is 0 Å². The molecular weight excluding hydrogens is 259 g/mol. The van der Waals surface area contributed by atoms with E-state index in [-0.39, 0.29) is 11.7 Å². The second-order valence-electron chi connectivity index (χ2n) is 4.31. The molecule has 20 heavy (non-hydrogen) atoms. The minimum atomic E-state index is -0.362. The lowest BCUT2D eigenvalue weighted by atomic mass is 10.2. The van der Waals surface area contributed by atoms with Crippen LogP contribution in [-0.4, -0.2) is 31.5 Å². The van der Waals surface area contributed by atoms with Gasteiger partial charge in [-0.05, 0) is 30.7 Å². The third kappa shape index (κ3) is 6.17. The van der Waals surface area contributed by atoms with Crippen LogP contribution in [0.5, 0.6) is 0 Å². The number of carbonyl (C=O) groups is 1. The van der Waals surface area contributed by atoms with Crippen LogP contribution >= 0.6 is 0 Å². The molecule has 0 unspecified atom stereocenters. The SMILES string of the molecule is CCCCN=C(N)NCCNC(=O)c1ccc(F)cc1. The Hall–Kier alpha value is -2.11. The van der Waals surface area contributed by atoms with Crippen molar-refractivity contribution in [3.05, 3.63) is 35.6 Å². The Morgan fingerprint density at radius 1 is 1.25 bits per heavy atom. The number of hydrogen-bond donors (Lipinski definition) is 3. The summed E-state index contributed by atoms with van der Waals surface area (Å²) in [4.78, 5) is 15.8. The van der Waals surface area contributed by atoms with Gasteiger partial charge in [-0.3, -0.25) is 9.79 Å². The summed E-state index contributed by atoms with van der Waals surface area (Å²) in [5.41, 5.74) is 6.07. The van der Waals surface area contributed by atoms with E-state index < -0.39 is 0 Å². The summed E-state index contributed by atoms with van der Waals surface area (Å²) < 4.78 is 12.7. The van der Waals surface area contributed by atoms with E-state index in [4.69, 9.17) is 5.73 Å². The number of aliphatic imine (C=N–C) groups is 1. The molecule has 1 aromatic rings. The number of unbranched alkanes of at least 4 members (excludes halogenated alkanes) is 1. The number of halogens is 1. The summed E-state index contributed by atoms with van der Waals surface area (Å²) in [7, 11) is 0. The fourth-order valence-electron chi connectivity index (χ4n) is 1.48. The van der Waals surface area contributed by atoms with Crippen molar-refractivity contribution in [2.45, 2.75) is 19.8 Å². The van der Waals surface area contributed by atoms with E-state index in [0.29, 0.717) is 31.2 Å². The van der Waals surface area contributed by atoms with Crippen LogP contribution in [0.25, 0.3) is 0 Å². The van der Waals surface area contributed by atoms with E-state index in [9.17, 15) is 9.18 Å². The smallest absolute Gasteiger partial charge is 0.251 e. The summed E-state index contributed by atoms with van der Waals surface area (Å²) in [5, 5.41) is 5.62. The minimum Gasteiger partial charge on any atom is -0.370 e. The molecule has 0 aliphatic heterocycles. The largest absolute Gasteiger partial charge is 0.370 e. The van der Waals surface area contributed by atoms with Crippen LogP contribution in [0.1, 0.15) is 30.1 Å². The minimum absolute atomic E-state index is 0.242. The molecule has 0 saturated heterocycles. The van der Waals surface area contributed by atoms with Gasteiger partial charge in [0.25, 0.3) is 5.91 Å². The average molecular weight is 280 g/mol. The first-order chi connectivity index (χ1) is 9.63. The normalized spacial score (nSPS) is 11.2. The van der Waals surface area contributed by atoms with Crippen LogP contribution in [0.2, 0.25) is 0 Å². The number of amides is 1. The number of hydrogen-bond acceptors (Lipinski definition) is 2. The van der Waals surface area contributed by atoms with Gasteiger partial charge in [-0.1, -0.05) is 13.3 Å². The zero-order chi connectivity index (χ0) is 14.8. The van der Waals surface area contributed by atoms with E-state index in [2.05, 4.69) is 22.5 Å². The van der Waals surface area contributed by atoms with E-state index in [0.717, 1.165) is 12.8 Å². The molecule has 0 bridgehead atoms. The highest BCUT2D eigenvalue weighted by molar-refractivity contribution is 5.94. The van der Waals surface area contributed by atoms with Gasteiger partial charge in [-0.2, -0.15) is 0 Å². The van der Waals surface area contributed by atoms with Gasteiger partial charge in [0.1, 0.15) is 5.82 Å². The zero-order valence-corrected chi connectivity index (χ0v) is 11.7. The first-order valence-corrected chi connectivity index (χ1v) is 6.71. The Kier molecular flexibility index (Phi) is 7.10. The van der Waals surface area contributed by atoms with Crippen LogP contribution in [0.4, 0.5) is 4.39 Å². The lowest BCUT2D eigenvalue weighted by Crippen LogP contribution is -2.38. The van der Waals surface area contributed by atoms with Gasteiger partial charge < -0.3 is 16.4 Å². The molecule has 1 aromatic carbocycles. The molecule has 0 fully saturated rings. The van der Waals surface area contributed by atoms with Crippen molar-refractivity contribution in [2.75, 3.05) is 19.6 Å². The molecule has 0 aliphatic carbocycles. The van der Waals surface area contributed by atoms with Crippen molar-refractivity contribution in [1.29, 1.82) is 0 Å². The van der Waals surface area contributed by atoms with Crippen molar-refractivity contribution < 1.29 is 9.18 Å². The highest BCUT2D eigenvalue weighted by Gasteiger charge is 2.04. The molecule has 0 spiro atoms. The first-order valence-electron chi connectivity index (χ1n) is 6.71. The molecule has 0 aliphatic rings. The second kappa shape index (κ2) is 8.90. The summed E-state index contributed by atoms with van der Waals surface area (Å²) >= 11 is 0. The Balaban J connectivity index is 2.22. The first kappa shape index (κ1) is 15.9. The Bertz CT molecular complexity index is 445. The van der Waals surface area contributed by atoms with Gasteiger partial charge >= 0.3 is 0 Å². The predicted molar refractivity (Wildman–Crippen MR) is 78.1 cm³/mol. The van der Waals surface area contributed by atoms with E-state index >= 15 is 0 Å². The summed E-state index contributed by atoms with van der Waals surface area (Å²) in [6.07, 6.45) is 2.08. The molecule has 0 aromatic heterocycles. The number of guanidine groups is 1. The fraction of sp³-hybridized carbons (Fsp3) is 0.429. The quantitative estimate of drug-likeness (QED) is 0.399. The standard InChI is InChI=1S/C14H21FN4O/c1-2-3-8-18-14(16)19-10-9-17-13(20)11-4-6-12(15)7-5-11/h4-7H,2-3,8-10H2,1H3,(H,17,20)(H3,16,18,19). The van der Waals surface area contributed by atoms with E-state index in [1.807, 2.05) is 0 Å². The predicted octanol–water partition coefficient (Wildman–Crippen LogP) is 1.26. The van der Waals surface area contributed by atoms with Crippen LogP contribution < -0.4 is 16.4 Å². The topological polar surface area (TPSA) is 79.5 Å². The number of nitrogens with zero attached hydrogens (tertiary/aromatic N) is 1. The van der Waals surface area contributed by atoms with Crippen molar-refractivity contribution in [3.8, 4) is 0 Å². The van der Waals surface area contributed by atoms with Gasteiger partial charge in [0, 0.05) is 25.2 Å². The maximum absolute atomic E-state index is 12.7. The van der Waals surface area contributed by atoms with E-state index in [1.54, 1.807) is 0 Å². The number of rotatable bonds is 7. The molecule has 110 valence electrons. The molecule has 0 saturated carbocycles. The molecule has 1 rings (SSSR count). The van der Waals surface area contributed by atoms with Gasteiger partial charge in [0.05, 0.1) is 0 Å². The maximum Gasteiger partial charge on any atom is 0.251 e. The molecule has 0 heterocycles. The lowest BCUT2D eigenvalue weighted by molar-refractivity contribution is 0.0954. The van der Waals surface area contributed by atoms with Crippen molar-refractivity contribution in [1.82, 2.24) is 10.6 Å². The molecule has 0 atom stereocenters. The Morgan fingerprint density at radius 2 is 1.90 bits per heavy atom. The number of nitrogens with two attached hydrogens (primary N) is 1. The molecular formula is C14H21FN4O. The van der Waals surface area contributed by atoms with Crippen LogP contribution in [0.3, 0.4) is 0 Å². The Morgan fingerprint density at radius 3 is 2.55 bits per heavy atom. The maximum atomic E-state index is 12.7. The van der Waals surface area contributed by atoms with Crippen LogP contribution in [0.15, 0.2) is 29.3 Å². The molecule has 4 N–H and O–H groups in total. The number of benzene rings is 1. The molecule has 1 amide bonds. The molecule has 5 nitrogen and oxygen atoms in total. The summed E-state index contributed by atoms with van der Waals surface area (Å²) in [6, 6.07) is 5.40. The average Bonchev–Trinajstić information content (AvgIpc) is 2.44. The van der Waals surface area contributed by atoms with E-state index in [1.165, 1.54) is 24.3 Å². The van der Waals surface area contributed by atoms with Crippen LogP contribution in [-0.2, 0) is 0 Å². The Labute approximate surface area is 118 Å². The van der Waals surface area contributed by atoms with Gasteiger partial charge in [0.15, 0.2) is 5.96 Å². The second-order valence-corrected chi connectivity index (χ2v) is 4.31. The molecule has 6 heteroatoms. The highest BCUT2D eigenvalue weighted by atomic mass is 19.1. The fourth-order valence-corrected chi connectivity index (χ4v) is 1.48. The van der Waals surface area contributed by atoms with Crippen molar-refractivity contribution >= 4 is 11.9 Å². The number of carbonyl (C=O) groups excluding carboxylic acids is 1. The van der Waals surface area contributed by atoms with Crippen LogP contribution in [0, 0.1) is 5.82 Å². The monoisotopic (exact) mass is 280 g/mol. The summed E-state index contributed by atoms with van der Waals surface area (Å²) in [5.74, 6) is -0.220. The van der Waals surface area contributed by atoms with Gasteiger partial charge in [-0.25, -0.2) is 4.39 Å². The third-order valence-corrected chi connectivity index (χ3v) is 2.62. The van der Waals surface area contributed by atoms with Crippen molar-refractivity contribution in [2.24, 2.45) is 10.7 Å².